The number of carbonyl (C=O) groups is 2. The van der Waals surface area contributed by atoms with E-state index in [1.54, 1.807) is 45.0 Å². The number of carbonyl (C=O) groups excluding carboxylic acids is 2. The summed E-state index contributed by atoms with van der Waals surface area (Å²) < 4.78 is 42.9. The van der Waals surface area contributed by atoms with Crippen LogP contribution in [-0.2, 0) is 42.2 Å². The van der Waals surface area contributed by atoms with Gasteiger partial charge in [-0.15, -0.1) is 0 Å². The summed E-state index contributed by atoms with van der Waals surface area (Å²) in [6, 6.07) is 8.67. The number of esters is 1. The first-order valence-electron chi connectivity index (χ1n) is 12.2. The van der Waals surface area contributed by atoms with E-state index in [2.05, 4.69) is 5.32 Å². The Morgan fingerprint density at radius 3 is 2.46 bits per heavy atom. The van der Waals surface area contributed by atoms with E-state index < -0.39 is 35.1 Å². The summed E-state index contributed by atoms with van der Waals surface area (Å²) in [6.45, 7) is 6.88. The molecule has 0 radical (unpaired) electrons. The maximum atomic E-state index is 13.0. The molecule has 1 fully saturated rings. The number of nitrogens with zero attached hydrogens (tertiary/aromatic N) is 1. The molecule has 1 saturated heterocycles. The molecule has 1 atom stereocenters. The highest BCUT2D eigenvalue weighted by molar-refractivity contribution is 7.89. The molecule has 198 valence electrons. The molecule has 4 rings (SSSR count). The predicted octanol–water partition coefficient (Wildman–Crippen LogP) is 0.731. The molecule has 2 aromatic carbocycles. The van der Waals surface area contributed by atoms with E-state index in [1.807, 2.05) is 0 Å². The zero-order chi connectivity index (χ0) is 26.7. The van der Waals surface area contributed by atoms with Gasteiger partial charge in [0.2, 0.25) is 10.0 Å². The van der Waals surface area contributed by atoms with Gasteiger partial charge in [-0.1, -0.05) is 32.0 Å². The number of morpholine rings is 1. The highest BCUT2D eigenvalue weighted by atomic mass is 32.2. The second kappa shape index (κ2) is 11.3. The molecular formula is C25H31BN2O8S. The Kier molecular flexibility index (Phi) is 8.34. The summed E-state index contributed by atoms with van der Waals surface area (Å²) in [7, 11) is -4.69. The Morgan fingerprint density at radius 2 is 1.81 bits per heavy atom. The molecule has 0 spiro atoms. The lowest BCUT2D eigenvalue weighted by Crippen LogP contribution is -2.46. The molecular weight excluding hydrogens is 499 g/mol. The summed E-state index contributed by atoms with van der Waals surface area (Å²) in [5.41, 5.74) is 2.97. The normalized spacial score (nSPS) is 16.9. The summed E-state index contributed by atoms with van der Waals surface area (Å²) in [6.07, 6.45) is 0. The van der Waals surface area contributed by atoms with Gasteiger partial charge in [-0.25, -0.2) is 13.2 Å². The molecule has 37 heavy (non-hydrogen) atoms. The van der Waals surface area contributed by atoms with E-state index in [0.29, 0.717) is 48.5 Å². The number of fused-ring (bicyclic) bond motifs is 1. The molecule has 0 saturated carbocycles. The Bertz CT molecular complexity index is 1260. The van der Waals surface area contributed by atoms with Gasteiger partial charge in [-0.3, -0.25) is 4.79 Å². The number of hydrogen-bond donors (Lipinski definition) is 2. The number of nitrogens with one attached hydrogen (secondary N) is 1. The van der Waals surface area contributed by atoms with Gasteiger partial charge in [0, 0.05) is 18.7 Å². The van der Waals surface area contributed by atoms with Crippen LogP contribution < -0.4 is 10.8 Å². The SMILES string of the molecule is Cc1c(C(=O)NC(C(=O)OCc2ccc(S(=O)(=O)N3CCOCC3)cc2)C(C)C)ccc2c1B(O)OC2. The van der Waals surface area contributed by atoms with E-state index in [1.165, 1.54) is 16.4 Å². The number of ether oxygens (including phenoxy) is 2. The van der Waals surface area contributed by atoms with Crippen LogP contribution in [0.25, 0.3) is 0 Å². The van der Waals surface area contributed by atoms with Gasteiger partial charge in [0.25, 0.3) is 5.91 Å². The van der Waals surface area contributed by atoms with Crippen LogP contribution >= 0.6 is 0 Å². The molecule has 12 heteroatoms. The first kappa shape index (κ1) is 27.3. The minimum absolute atomic E-state index is 0.0722. The van der Waals surface area contributed by atoms with Crippen molar-refractivity contribution in [3.05, 3.63) is 58.7 Å². The topological polar surface area (TPSA) is 131 Å². The van der Waals surface area contributed by atoms with Crippen LogP contribution in [0.2, 0.25) is 0 Å². The molecule has 2 aromatic rings. The van der Waals surface area contributed by atoms with Crippen molar-refractivity contribution in [3.8, 4) is 0 Å². The first-order valence-corrected chi connectivity index (χ1v) is 13.6. The lowest BCUT2D eigenvalue weighted by atomic mass is 9.75. The third-order valence-corrected chi connectivity index (χ3v) is 8.53. The molecule has 2 aliphatic rings. The largest absolute Gasteiger partial charge is 0.492 e. The van der Waals surface area contributed by atoms with E-state index in [4.69, 9.17) is 14.1 Å². The molecule has 0 bridgehead atoms. The van der Waals surface area contributed by atoms with E-state index in [-0.39, 0.29) is 24.0 Å². The highest BCUT2D eigenvalue weighted by Crippen LogP contribution is 2.19. The summed E-state index contributed by atoms with van der Waals surface area (Å²) in [4.78, 5) is 26.1. The Morgan fingerprint density at radius 1 is 1.14 bits per heavy atom. The second-order valence-electron chi connectivity index (χ2n) is 9.44. The van der Waals surface area contributed by atoms with Gasteiger partial charge < -0.3 is 24.5 Å². The van der Waals surface area contributed by atoms with Gasteiger partial charge in [0.1, 0.15) is 12.6 Å². The van der Waals surface area contributed by atoms with Crippen LogP contribution in [0.5, 0.6) is 0 Å². The van der Waals surface area contributed by atoms with Crippen molar-refractivity contribution in [1.29, 1.82) is 0 Å². The lowest BCUT2D eigenvalue weighted by molar-refractivity contribution is -0.148. The third-order valence-electron chi connectivity index (χ3n) is 6.61. The number of hydrogen-bond acceptors (Lipinski definition) is 8. The fourth-order valence-corrected chi connectivity index (χ4v) is 5.81. The Balaban J connectivity index is 1.39. The predicted molar refractivity (Wildman–Crippen MR) is 135 cm³/mol. The zero-order valence-electron chi connectivity index (χ0n) is 21.1. The van der Waals surface area contributed by atoms with Gasteiger partial charge in [0.15, 0.2) is 0 Å². The van der Waals surface area contributed by atoms with Crippen molar-refractivity contribution in [2.24, 2.45) is 5.92 Å². The van der Waals surface area contributed by atoms with Crippen LogP contribution in [0.3, 0.4) is 0 Å². The molecule has 10 nitrogen and oxygen atoms in total. The summed E-state index contributed by atoms with van der Waals surface area (Å²) in [5.74, 6) is -1.30. The van der Waals surface area contributed by atoms with Gasteiger partial charge in [-0.2, -0.15) is 4.31 Å². The van der Waals surface area contributed by atoms with Crippen molar-refractivity contribution in [2.75, 3.05) is 26.3 Å². The van der Waals surface area contributed by atoms with Crippen LogP contribution in [0.4, 0.5) is 0 Å². The number of amides is 1. The molecule has 2 heterocycles. The highest BCUT2D eigenvalue weighted by Gasteiger charge is 2.33. The standard InChI is InChI=1S/C25H31BN2O8S/c1-16(2)23(27-24(29)21-9-6-19-15-36-26(31)22(19)17(21)3)25(30)35-14-18-4-7-20(8-5-18)37(32,33)28-10-12-34-13-11-28/h4-9,16,23,31H,10-15H2,1-3H3,(H,27,29). The average Bonchev–Trinajstić information content (AvgIpc) is 3.27. The Labute approximate surface area is 217 Å². The molecule has 2 N–H and O–H groups in total. The van der Waals surface area contributed by atoms with E-state index in [9.17, 15) is 23.0 Å². The fraction of sp³-hybridized carbons (Fsp3) is 0.440. The number of benzene rings is 2. The molecule has 0 aromatic heterocycles. The first-order chi connectivity index (χ1) is 17.6. The van der Waals surface area contributed by atoms with Crippen molar-refractivity contribution >= 4 is 34.5 Å². The van der Waals surface area contributed by atoms with Gasteiger partial charge in [0.05, 0.1) is 24.7 Å². The van der Waals surface area contributed by atoms with Gasteiger partial charge in [-0.05, 0) is 53.2 Å². The van der Waals surface area contributed by atoms with Crippen molar-refractivity contribution < 1.29 is 37.2 Å². The second-order valence-corrected chi connectivity index (χ2v) is 11.4. The molecule has 1 unspecified atom stereocenters. The molecule has 2 aliphatic heterocycles. The van der Waals surface area contributed by atoms with Crippen LogP contribution in [0, 0.1) is 12.8 Å². The van der Waals surface area contributed by atoms with Crippen LogP contribution in [0.15, 0.2) is 41.3 Å². The fourth-order valence-electron chi connectivity index (χ4n) is 4.41. The smallest absolute Gasteiger partial charge is 0.459 e. The zero-order valence-corrected chi connectivity index (χ0v) is 21.9. The number of sulfonamides is 1. The third kappa shape index (κ3) is 5.88. The minimum atomic E-state index is -3.61. The maximum absolute atomic E-state index is 13.0. The summed E-state index contributed by atoms with van der Waals surface area (Å²) in [5, 5.41) is 12.8. The minimum Gasteiger partial charge on any atom is -0.459 e. The van der Waals surface area contributed by atoms with Crippen LogP contribution in [-0.4, -0.2) is 69.1 Å². The Hall–Kier alpha value is -2.77. The van der Waals surface area contributed by atoms with Gasteiger partial charge >= 0.3 is 13.1 Å². The summed E-state index contributed by atoms with van der Waals surface area (Å²) >= 11 is 0. The average molecular weight is 530 g/mol. The maximum Gasteiger partial charge on any atom is 0.492 e. The van der Waals surface area contributed by atoms with Crippen molar-refractivity contribution in [2.45, 2.75) is 44.9 Å². The van der Waals surface area contributed by atoms with Crippen LogP contribution in [0.1, 0.15) is 40.9 Å². The molecule has 0 aliphatic carbocycles. The number of rotatable bonds is 8. The van der Waals surface area contributed by atoms with Crippen molar-refractivity contribution in [3.63, 3.8) is 0 Å². The van der Waals surface area contributed by atoms with E-state index in [0.717, 1.165) is 5.56 Å². The lowest BCUT2D eigenvalue weighted by Gasteiger charge is -2.26. The quantitative estimate of drug-likeness (QED) is 0.378. The van der Waals surface area contributed by atoms with E-state index >= 15 is 0 Å². The van der Waals surface area contributed by atoms with Crippen molar-refractivity contribution in [1.82, 2.24) is 9.62 Å². The molecule has 1 amide bonds. The monoisotopic (exact) mass is 530 g/mol.